The van der Waals surface area contributed by atoms with Gasteiger partial charge in [0, 0.05) is 5.69 Å². The first kappa shape index (κ1) is 20.9. The van der Waals surface area contributed by atoms with E-state index < -0.39 is 10.0 Å². The molecule has 0 aliphatic rings. The van der Waals surface area contributed by atoms with Gasteiger partial charge in [-0.15, -0.1) is 0 Å². The molecule has 27 heavy (non-hydrogen) atoms. The van der Waals surface area contributed by atoms with Crippen molar-refractivity contribution in [3.8, 4) is 5.75 Å². The number of rotatable bonds is 6. The van der Waals surface area contributed by atoms with Gasteiger partial charge in [-0.2, -0.15) is 0 Å². The van der Waals surface area contributed by atoms with Crippen LogP contribution in [0.4, 0.5) is 5.69 Å². The van der Waals surface area contributed by atoms with E-state index in [-0.39, 0.29) is 17.4 Å². The third kappa shape index (κ3) is 5.30. The summed E-state index contributed by atoms with van der Waals surface area (Å²) in [7, 11) is -3.85. The van der Waals surface area contributed by atoms with Gasteiger partial charge in [-0.25, -0.2) is 13.6 Å². The number of amides is 1. The Bertz CT molecular complexity index is 966. The lowest BCUT2D eigenvalue weighted by molar-refractivity contribution is -0.118. The van der Waals surface area contributed by atoms with Crippen molar-refractivity contribution in [1.29, 1.82) is 0 Å². The summed E-state index contributed by atoms with van der Waals surface area (Å²) in [5.74, 6) is 0.646. The van der Waals surface area contributed by atoms with Crippen LogP contribution in [-0.2, 0) is 14.8 Å². The Morgan fingerprint density at radius 3 is 2.33 bits per heavy atom. The zero-order valence-electron chi connectivity index (χ0n) is 16.3. The average molecular weight is 391 g/mol. The predicted molar refractivity (Wildman–Crippen MR) is 107 cm³/mol. The molecule has 0 fully saturated rings. The molecule has 3 N–H and O–H groups in total. The zero-order valence-corrected chi connectivity index (χ0v) is 17.1. The summed E-state index contributed by atoms with van der Waals surface area (Å²) in [4.78, 5) is 12.2. The molecule has 1 amide bonds. The van der Waals surface area contributed by atoms with Crippen molar-refractivity contribution in [3.63, 3.8) is 0 Å². The number of nitrogens with two attached hydrogens (primary N) is 1. The van der Waals surface area contributed by atoms with Gasteiger partial charge in [0.1, 0.15) is 5.75 Å². The van der Waals surface area contributed by atoms with E-state index in [1.54, 1.807) is 13.8 Å². The van der Waals surface area contributed by atoms with Crippen LogP contribution in [-0.4, -0.2) is 20.9 Å². The first-order valence-corrected chi connectivity index (χ1v) is 10.2. The molecule has 0 aliphatic carbocycles. The van der Waals surface area contributed by atoms with Gasteiger partial charge in [-0.05, 0) is 73.2 Å². The minimum absolute atomic E-state index is 0.0401. The highest BCUT2D eigenvalue weighted by molar-refractivity contribution is 7.89. The van der Waals surface area contributed by atoms with Crippen LogP contribution in [0.25, 0.3) is 0 Å². The van der Waals surface area contributed by atoms with Gasteiger partial charge in [0.05, 0.1) is 4.90 Å². The van der Waals surface area contributed by atoms with E-state index >= 15 is 0 Å². The Hall–Kier alpha value is -2.38. The van der Waals surface area contributed by atoms with Crippen molar-refractivity contribution >= 4 is 21.6 Å². The standard InChI is InChI=1S/C20H26N2O4S/c1-12(2)18-7-6-16(8-14(18)4)26-11-20(23)22-19-10-17(27(21,24)25)9-13(3)15(19)5/h6-10,12H,11H2,1-5H3,(H,22,23)(H2,21,24,25). The number of carbonyl (C=O) groups is 1. The van der Waals surface area contributed by atoms with Crippen molar-refractivity contribution in [2.24, 2.45) is 5.14 Å². The third-order valence-electron chi connectivity index (χ3n) is 4.48. The molecule has 0 radical (unpaired) electrons. The van der Waals surface area contributed by atoms with Crippen molar-refractivity contribution < 1.29 is 17.9 Å². The van der Waals surface area contributed by atoms with E-state index in [4.69, 9.17) is 9.88 Å². The van der Waals surface area contributed by atoms with Crippen LogP contribution in [0.2, 0.25) is 0 Å². The highest BCUT2D eigenvalue weighted by atomic mass is 32.2. The SMILES string of the molecule is Cc1cc(OCC(=O)Nc2cc(S(N)(=O)=O)cc(C)c2C)ccc1C(C)C. The maximum absolute atomic E-state index is 12.3. The second kappa shape index (κ2) is 8.10. The number of aryl methyl sites for hydroxylation is 2. The monoisotopic (exact) mass is 390 g/mol. The molecular formula is C20H26N2O4S. The van der Waals surface area contributed by atoms with Crippen LogP contribution in [0.3, 0.4) is 0 Å². The molecule has 0 aromatic heterocycles. The Balaban J connectivity index is 2.10. The van der Waals surface area contributed by atoms with E-state index in [2.05, 4.69) is 19.2 Å². The normalized spacial score (nSPS) is 11.5. The molecule has 6 nitrogen and oxygen atoms in total. The van der Waals surface area contributed by atoms with Crippen LogP contribution in [0.1, 0.15) is 42.0 Å². The zero-order chi connectivity index (χ0) is 20.4. The van der Waals surface area contributed by atoms with Gasteiger partial charge < -0.3 is 10.1 Å². The van der Waals surface area contributed by atoms with Gasteiger partial charge >= 0.3 is 0 Å². The smallest absolute Gasteiger partial charge is 0.262 e. The van der Waals surface area contributed by atoms with E-state index in [1.165, 1.54) is 17.7 Å². The van der Waals surface area contributed by atoms with Crippen molar-refractivity contribution in [2.45, 2.75) is 45.4 Å². The van der Waals surface area contributed by atoms with Crippen molar-refractivity contribution in [2.75, 3.05) is 11.9 Å². The van der Waals surface area contributed by atoms with E-state index in [0.717, 1.165) is 16.7 Å². The second-order valence-corrected chi connectivity index (χ2v) is 8.53. The molecule has 0 heterocycles. The number of nitrogens with one attached hydrogen (secondary N) is 1. The molecule has 7 heteroatoms. The van der Waals surface area contributed by atoms with Gasteiger partial charge in [0.2, 0.25) is 10.0 Å². The molecule has 0 bridgehead atoms. The van der Waals surface area contributed by atoms with Crippen molar-refractivity contribution in [1.82, 2.24) is 0 Å². The van der Waals surface area contributed by atoms with Crippen molar-refractivity contribution in [3.05, 3.63) is 52.6 Å². The molecule has 0 spiro atoms. The fourth-order valence-corrected chi connectivity index (χ4v) is 3.46. The molecule has 0 unspecified atom stereocenters. The lowest BCUT2D eigenvalue weighted by Crippen LogP contribution is -2.21. The highest BCUT2D eigenvalue weighted by Gasteiger charge is 2.14. The Labute approximate surface area is 160 Å². The summed E-state index contributed by atoms with van der Waals surface area (Å²) in [6.07, 6.45) is 0. The first-order chi connectivity index (χ1) is 12.5. The highest BCUT2D eigenvalue weighted by Crippen LogP contribution is 2.25. The summed E-state index contributed by atoms with van der Waals surface area (Å²) >= 11 is 0. The summed E-state index contributed by atoms with van der Waals surface area (Å²) in [6, 6.07) is 8.58. The maximum Gasteiger partial charge on any atom is 0.262 e. The number of ether oxygens (including phenoxy) is 1. The Morgan fingerprint density at radius 2 is 1.78 bits per heavy atom. The second-order valence-electron chi connectivity index (χ2n) is 6.97. The van der Waals surface area contributed by atoms with Gasteiger partial charge in [0.15, 0.2) is 6.61 Å². The summed E-state index contributed by atoms with van der Waals surface area (Å²) in [6.45, 7) is 9.63. The lowest BCUT2D eigenvalue weighted by Gasteiger charge is -2.14. The summed E-state index contributed by atoms with van der Waals surface area (Å²) in [5.41, 5.74) is 4.23. The van der Waals surface area contributed by atoms with Crippen LogP contribution in [0.15, 0.2) is 35.2 Å². The maximum atomic E-state index is 12.3. The topological polar surface area (TPSA) is 98.5 Å². The summed E-state index contributed by atoms with van der Waals surface area (Å²) < 4.78 is 28.8. The van der Waals surface area contributed by atoms with Crippen LogP contribution in [0, 0.1) is 20.8 Å². The van der Waals surface area contributed by atoms with E-state index in [0.29, 0.717) is 17.4 Å². The predicted octanol–water partition coefficient (Wildman–Crippen LogP) is 3.40. The molecule has 0 aliphatic heterocycles. The summed E-state index contributed by atoms with van der Waals surface area (Å²) in [5, 5.41) is 7.89. The largest absolute Gasteiger partial charge is 0.484 e. The molecule has 146 valence electrons. The third-order valence-corrected chi connectivity index (χ3v) is 5.37. The van der Waals surface area contributed by atoms with Crippen LogP contribution >= 0.6 is 0 Å². The Kier molecular flexibility index (Phi) is 6.28. The molecule has 2 aromatic carbocycles. The fraction of sp³-hybridized carbons (Fsp3) is 0.350. The quantitative estimate of drug-likeness (QED) is 0.790. The molecule has 2 aromatic rings. The number of benzene rings is 2. The first-order valence-electron chi connectivity index (χ1n) is 8.66. The minimum atomic E-state index is -3.85. The van der Waals surface area contributed by atoms with Gasteiger partial charge in [-0.3, -0.25) is 4.79 Å². The van der Waals surface area contributed by atoms with Crippen LogP contribution in [0.5, 0.6) is 5.75 Å². The van der Waals surface area contributed by atoms with E-state index in [9.17, 15) is 13.2 Å². The van der Waals surface area contributed by atoms with Gasteiger partial charge in [-0.1, -0.05) is 19.9 Å². The number of primary sulfonamides is 1. The number of anilines is 1. The minimum Gasteiger partial charge on any atom is -0.484 e. The lowest BCUT2D eigenvalue weighted by atomic mass is 9.98. The molecule has 2 rings (SSSR count). The number of sulfonamides is 1. The average Bonchev–Trinajstić information content (AvgIpc) is 2.55. The number of carbonyl (C=O) groups excluding carboxylic acids is 1. The molecular weight excluding hydrogens is 364 g/mol. The van der Waals surface area contributed by atoms with E-state index in [1.807, 2.05) is 25.1 Å². The van der Waals surface area contributed by atoms with Crippen LogP contribution < -0.4 is 15.2 Å². The molecule has 0 saturated carbocycles. The molecule has 0 atom stereocenters. The Morgan fingerprint density at radius 1 is 1.11 bits per heavy atom. The number of hydrogen-bond acceptors (Lipinski definition) is 4. The fourth-order valence-electron chi connectivity index (χ4n) is 2.84. The molecule has 0 saturated heterocycles. The van der Waals surface area contributed by atoms with Gasteiger partial charge in [0.25, 0.3) is 5.91 Å². The number of hydrogen-bond donors (Lipinski definition) is 2.